The number of rotatable bonds is 77. The zero-order valence-corrected chi connectivity index (χ0v) is 68.4. The van der Waals surface area contributed by atoms with Crippen molar-refractivity contribution in [2.75, 3.05) is 39.6 Å². The van der Waals surface area contributed by atoms with Crippen LogP contribution in [0.1, 0.15) is 336 Å². The number of carbonyl (C=O) groups is 4. The number of hydrogen-bond acceptors (Lipinski definition) is 15. The number of phosphoric ester groups is 2. The van der Waals surface area contributed by atoms with Gasteiger partial charge in [-0.15, -0.1) is 0 Å². The molecule has 0 saturated heterocycles. The minimum Gasteiger partial charge on any atom is -0.462 e. The number of esters is 4. The van der Waals surface area contributed by atoms with Crippen molar-refractivity contribution in [1.82, 2.24) is 0 Å². The Labute approximate surface area is 644 Å². The summed E-state index contributed by atoms with van der Waals surface area (Å²) >= 11 is 0. The van der Waals surface area contributed by atoms with Crippen LogP contribution in [0, 0.1) is 0 Å². The van der Waals surface area contributed by atoms with Gasteiger partial charge in [0.25, 0.3) is 0 Å². The van der Waals surface area contributed by atoms with Crippen LogP contribution >= 0.6 is 15.6 Å². The zero-order valence-electron chi connectivity index (χ0n) is 66.6. The Morgan fingerprint density at radius 2 is 0.491 bits per heavy atom. The lowest BCUT2D eigenvalue weighted by atomic mass is 10.1. The summed E-state index contributed by atoms with van der Waals surface area (Å²) in [4.78, 5) is 73.1. The van der Waals surface area contributed by atoms with Gasteiger partial charge in [-0.2, -0.15) is 0 Å². The fourth-order valence-electron chi connectivity index (χ4n) is 10.9. The number of carbonyl (C=O) groups excluding carboxylic acids is 4. The average Bonchev–Trinajstić information content (AvgIpc) is 0.919. The lowest BCUT2D eigenvalue weighted by Crippen LogP contribution is -2.30. The molecule has 0 aromatic carbocycles. The van der Waals surface area contributed by atoms with Crippen LogP contribution in [-0.2, 0) is 65.4 Å². The van der Waals surface area contributed by atoms with Crippen LogP contribution in [0.5, 0.6) is 0 Å². The highest BCUT2D eigenvalue weighted by molar-refractivity contribution is 7.47. The quantitative estimate of drug-likeness (QED) is 0.0169. The molecule has 19 heteroatoms. The summed E-state index contributed by atoms with van der Waals surface area (Å²) in [6.07, 6.45) is 88.5. The van der Waals surface area contributed by atoms with Gasteiger partial charge in [0.05, 0.1) is 26.4 Å². The van der Waals surface area contributed by atoms with Gasteiger partial charge in [-0.25, -0.2) is 9.13 Å². The van der Waals surface area contributed by atoms with E-state index in [0.717, 1.165) is 199 Å². The monoisotopic (exact) mass is 1530 g/mol. The minimum atomic E-state index is -4.99. The predicted octanol–water partition coefficient (Wildman–Crippen LogP) is 24.4. The molecule has 0 spiro atoms. The van der Waals surface area contributed by atoms with Crippen LogP contribution in [0.15, 0.2) is 134 Å². The maximum absolute atomic E-state index is 13.1. The molecule has 0 aliphatic rings. The number of ether oxygens (including phenoxy) is 4. The number of allylic oxidation sites excluding steroid dienone is 22. The number of phosphoric acid groups is 2. The van der Waals surface area contributed by atoms with Crippen LogP contribution in [0.3, 0.4) is 0 Å². The first-order valence-corrected chi connectivity index (χ1v) is 44.4. The molecule has 0 radical (unpaired) electrons. The molecular formula is C87H148O17P2. The van der Waals surface area contributed by atoms with E-state index >= 15 is 0 Å². The van der Waals surface area contributed by atoms with Gasteiger partial charge in [0.2, 0.25) is 0 Å². The summed E-state index contributed by atoms with van der Waals surface area (Å²) in [5.41, 5.74) is 0. The summed E-state index contributed by atoms with van der Waals surface area (Å²) in [6, 6.07) is 0. The third-order valence-electron chi connectivity index (χ3n) is 17.1. The van der Waals surface area contributed by atoms with Crippen LogP contribution in [0.4, 0.5) is 0 Å². The number of aliphatic hydroxyl groups is 1. The van der Waals surface area contributed by atoms with E-state index in [1.165, 1.54) is 57.8 Å². The third-order valence-corrected chi connectivity index (χ3v) is 19.0. The van der Waals surface area contributed by atoms with Gasteiger partial charge in [0.1, 0.15) is 19.3 Å². The maximum Gasteiger partial charge on any atom is 0.472 e. The molecule has 608 valence electrons. The first kappa shape index (κ1) is 101. The van der Waals surface area contributed by atoms with E-state index in [1.54, 1.807) is 0 Å². The molecule has 0 aliphatic carbocycles. The standard InChI is InChI=1S/C87H148O17P2/c1-5-9-13-17-21-25-29-32-35-38-40-43-45-48-52-55-59-63-67-71-84(89)97-77-82(103-86(91)73-69-65-61-57-51-28-24-20-16-12-8-4)79-101-105(93,94)99-75-81(88)76-100-106(95,96)102-80-83(104-87(92)74-70-66-62-58-54-50-47-42-37-34-31-27-23-19-15-11-7-3)78-98-85(90)72-68-64-60-56-53-49-46-44-41-39-36-33-30-26-22-18-14-10-6-2/h10-11,14-15,21-23,25-27,32-37,40-41,43-44,49,53,81-83,88H,5-9,12-13,16-20,24,28-31,38-39,42,45-48,50-52,54-80H2,1-4H3,(H,93,94)(H,95,96)/b14-10-,15-11-,25-21-,26-22-,27-23-,35-32-,36-33-,37-34-,43-40-,44-41-,53-49-. The molecule has 0 saturated carbocycles. The Hall–Kier alpha value is -4.80. The average molecular weight is 1530 g/mol. The van der Waals surface area contributed by atoms with E-state index < -0.39 is 97.5 Å². The van der Waals surface area contributed by atoms with Gasteiger partial charge in [0, 0.05) is 25.7 Å². The number of unbranched alkanes of at least 4 members (excludes halogenated alkanes) is 29. The van der Waals surface area contributed by atoms with Gasteiger partial charge in [0.15, 0.2) is 12.2 Å². The Bertz CT molecular complexity index is 2530. The first-order chi connectivity index (χ1) is 51.7. The van der Waals surface area contributed by atoms with Crippen molar-refractivity contribution < 1.29 is 80.2 Å². The smallest absolute Gasteiger partial charge is 0.462 e. The molecular weight excluding hydrogens is 1380 g/mol. The molecule has 0 amide bonds. The highest BCUT2D eigenvalue weighted by Crippen LogP contribution is 2.45. The molecule has 0 aromatic rings. The van der Waals surface area contributed by atoms with Gasteiger partial charge >= 0.3 is 39.5 Å². The van der Waals surface area contributed by atoms with Gasteiger partial charge in [-0.1, -0.05) is 303 Å². The fourth-order valence-corrected chi connectivity index (χ4v) is 12.4. The summed E-state index contributed by atoms with van der Waals surface area (Å²) in [7, 11) is -9.98. The van der Waals surface area contributed by atoms with E-state index in [-0.39, 0.29) is 25.7 Å². The highest BCUT2D eigenvalue weighted by atomic mass is 31.2. The third kappa shape index (κ3) is 77.4. The summed E-state index contributed by atoms with van der Waals surface area (Å²) < 4.78 is 68.7. The highest BCUT2D eigenvalue weighted by Gasteiger charge is 2.30. The summed E-state index contributed by atoms with van der Waals surface area (Å²) in [5, 5.41) is 10.7. The van der Waals surface area contributed by atoms with Crippen molar-refractivity contribution in [3.63, 3.8) is 0 Å². The predicted molar refractivity (Wildman–Crippen MR) is 436 cm³/mol. The lowest BCUT2D eigenvalue weighted by molar-refractivity contribution is -0.161. The second-order valence-corrected chi connectivity index (χ2v) is 30.2. The van der Waals surface area contributed by atoms with Crippen LogP contribution < -0.4 is 0 Å². The van der Waals surface area contributed by atoms with E-state index in [4.69, 9.17) is 37.0 Å². The van der Waals surface area contributed by atoms with Crippen molar-refractivity contribution >= 4 is 39.5 Å². The minimum absolute atomic E-state index is 0.0731. The SMILES string of the molecule is CC/C=C\C/C=C\C/C=C\C/C=C\C/C=C\CCCCCC(=O)OCC(COP(=O)(O)OCC(O)COP(=O)(O)OCC(COC(=O)CCCCCCCC/C=C\C/C=C\C/C=C\CCCCC)OC(=O)CCCCCCCCCCCCC)OC(=O)CCCCCCCCC/C=C\C/C=C\C/C=C\CC. The van der Waals surface area contributed by atoms with Crippen molar-refractivity contribution in [1.29, 1.82) is 0 Å². The van der Waals surface area contributed by atoms with Crippen molar-refractivity contribution in [3.8, 4) is 0 Å². The van der Waals surface area contributed by atoms with Crippen molar-refractivity contribution in [2.24, 2.45) is 0 Å². The van der Waals surface area contributed by atoms with E-state index in [0.29, 0.717) is 25.7 Å². The van der Waals surface area contributed by atoms with Crippen LogP contribution in [0.25, 0.3) is 0 Å². The molecule has 5 atom stereocenters. The summed E-state index contributed by atoms with van der Waals surface area (Å²) in [6.45, 7) is 4.58. The Balaban J connectivity index is 5.37. The van der Waals surface area contributed by atoms with Crippen LogP contribution in [-0.4, -0.2) is 96.7 Å². The van der Waals surface area contributed by atoms with Gasteiger partial charge in [-0.3, -0.25) is 37.3 Å². The first-order valence-electron chi connectivity index (χ1n) is 41.4. The second kappa shape index (κ2) is 78.3. The molecule has 0 aromatic heterocycles. The largest absolute Gasteiger partial charge is 0.472 e. The molecule has 3 N–H and O–H groups in total. The van der Waals surface area contributed by atoms with Crippen molar-refractivity contribution in [2.45, 2.75) is 354 Å². The molecule has 17 nitrogen and oxygen atoms in total. The van der Waals surface area contributed by atoms with Crippen molar-refractivity contribution in [3.05, 3.63) is 134 Å². The molecule has 0 heterocycles. The maximum atomic E-state index is 13.1. The van der Waals surface area contributed by atoms with E-state index in [9.17, 15) is 43.2 Å². The Kier molecular flexibility index (Phi) is 74.8. The zero-order chi connectivity index (χ0) is 77.4. The number of hydrogen-bond donors (Lipinski definition) is 3. The Morgan fingerprint density at radius 3 is 0.783 bits per heavy atom. The summed E-state index contributed by atoms with van der Waals surface area (Å²) in [5.74, 6) is -2.23. The molecule has 0 bridgehead atoms. The lowest BCUT2D eigenvalue weighted by Gasteiger charge is -2.21. The van der Waals surface area contributed by atoms with E-state index in [1.807, 2.05) is 0 Å². The van der Waals surface area contributed by atoms with Gasteiger partial charge in [-0.05, 0) is 141 Å². The molecule has 0 rings (SSSR count). The Morgan fingerprint density at radius 1 is 0.274 bits per heavy atom. The molecule has 0 aliphatic heterocycles. The van der Waals surface area contributed by atoms with E-state index in [2.05, 4.69) is 161 Å². The topological polar surface area (TPSA) is 237 Å². The molecule has 0 fully saturated rings. The van der Waals surface area contributed by atoms with Crippen LogP contribution in [0.2, 0.25) is 0 Å². The molecule has 106 heavy (non-hydrogen) atoms. The molecule has 5 unspecified atom stereocenters. The normalized spacial score (nSPS) is 14.5. The fraction of sp³-hybridized carbons (Fsp3) is 0.701. The van der Waals surface area contributed by atoms with Gasteiger partial charge < -0.3 is 33.8 Å². The second-order valence-electron chi connectivity index (χ2n) is 27.3. The number of aliphatic hydroxyl groups excluding tert-OH is 1.